The van der Waals surface area contributed by atoms with Crippen molar-refractivity contribution in [3.05, 3.63) is 0 Å². The fraction of sp³-hybridized carbons (Fsp3) is 1.00. The first-order valence-electron chi connectivity index (χ1n) is 3.54. The van der Waals surface area contributed by atoms with Crippen molar-refractivity contribution in [2.75, 3.05) is 0 Å². The summed E-state index contributed by atoms with van der Waals surface area (Å²) in [7, 11) is 0. The minimum Gasteiger partial charge on any atom is -0.198 e. The highest BCUT2D eigenvalue weighted by molar-refractivity contribution is 14.1. The molecule has 0 rings (SSSR count). The standard InChI is InChI=1S/C6H4F9I/c1-2(16)3(7,8)4(9,10)5(11,12)6(13,14)15/h2H,1H3/t2-/m0/s1. The van der Waals surface area contributed by atoms with E-state index in [1.807, 2.05) is 0 Å². The minimum absolute atomic E-state index is 0.404. The Morgan fingerprint density at radius 3 is 1.25 bits per heavy atom. The third-order valence-corrected chi connectivity index (χ3v) is 2.45. The Balaban J connectivity index is 5.53. The molecule has 0 aromatic carbocycles. The SMILES string of the molecule is C[C@H](I)C(F)(F)C(F)(F)C(F)(F)C(F)(F)F. The number of rotatable bonds is 3. The number of halogens is 10. The van der Waals surface area contributed by atoms with Crippen molar-refractivity contribution in [2.24, 2.45) is 0 Å². The van der Waals surface area contributed by atoms with E-state index < -0.39 is 27.9 Å². The van der Waals surface area contributed by atoms with E-state index in [-0.39, 0.29) is 0 Å². The van der Waals surface area contributed by atoms with Gasteiger partial charge in [-0.05, 0) is 6.92 Å². The van der Waals surface area contributed by atoms with E-state index in [4.69, 9.17) is 0 Å². The van der Waals surface area contributed by atoms with Crippen molar-refractivity contribution < 1.29 is 39.5 Å². The van der Waals surface area contributed by atoms with Crippen LogP contribution in [0.25, 0.3) is 0 Å². The maximum atomic E-state index is 12.6. The maximum absolute atomic E-state index is 12.6. The summed E-state index contributed by atoms with van der Waals surface area (Å²) in [6.07, 6.45) is -6.74. The van der Waals surface area contributed by atoms with Gasteiger partial charge in [0.05, 0.1) is 3.92 Å². The third-order valence-electron chi connectivity index (χ3n) is 1.67. The second kappa shape index (κ2) is 4.09. The highest BCUT2D eigenvalue weighted by atomic mass is 127. The van der Waals surface area contributed by atoms with Crippen LogP contribution in [-0.2, 0) is 0 Å². The normalized spacial score (nSPS) is 17.4. The van der Waals surface area contributed by atoms with Crippen LogP contribution >= 0.6 is 22.6 Å². The van der Waals surface area contributed by atoms with Crippen molar-refractivity contribution in [3.63, 3.8) is 0 Å². The molecule has 0 fully saturated rings. The van der Waals surface area contributed by atoms with Gasteiger partial charge in [0.25, 0.3) is 0 Å². The lowest BCUT2D eigenvalue weighted by Gasteiger charge is -2.34. The van der Waals surface area contributed by atoms with Crippen LogP contribution in [0.4, 0.5) is 39.5 Å². The fourth-order valence-corrected chi connectivity index (χ4v) is 1.03. The molecule has 0 aliphatic rings. The van der Waals surface area contributed by atoms with Crippen LogP contribution in [0.5, 0.6) is 0 Å². The van der Waals surface area contributed by atoms with Gasteiger partial charge in [-0.1, -0.05) is 22.6 Å². The predicted molar refractivity (Wildman–Crippen MR) is 44.4 cm³/mol. The molecule has 0 nitrogen and oxygen atoms in total. The van der Waals surface area contributed by atoms with E-state index >= 15 is 0 Å². The van der Waals surface area contributed by atoms with Crippen LogP contribution in [0.3, 0.4) is 0 Å². The smallest absolute Gasteiger partial charge is 0.198 e. The topological polar surface area (TPSA) is 0 Å². The van der Waals surface area contributed by atoms with Crippen LogP contribution in [0.1, 0.15) is 6.92 Å². The maximum Gasteiger partial charge on any atom is 0.460 e. The largest absolute Gasteiger partial charge is 0.460 e. The van der Waals surface area contributed by atoms with Crippen LogP contribution < -0.4 is 0 Å². The molecule has 0 heterocycles. The van der Waals surface area contributed by atoms with Gasteiger partial charge in [0.1, 0.15) is 0 Å². The summed E-state index contributed by atoms with van der Waals surface area (Å²) in [4.78, 5) is 0. The molecule has 10 heteroatoms. The Morgan fingerprint density at radius 2 is 1.06 bits per heavy atom. The van der Waals surface area contributed by atoms with Gasteiger partial charge in [-0.2, -0.15) is 39.5 Å². The highest BCUT2D eigenvalue weighted by Gasteiger charge is 2.82. The quantitative estimate of drug-likeness (QED) is 0.393. The van der Waals surface area contributed by atoms with Crippen molar-refractivity contribution in [1.29, 1.82) is 0 Å². The fourth-order valence-electron chi connectivity index (χ4n) is 0.637. The molecule has 98 valence electrons. The van der Waals surface area contributed by atoms with Gasteiger partial charge in [-0.3, -0.25) is 0 Å². The molecular weight excluding hydrogens is 370 g/mol. The summed E-state index contributed by atoms with van der Waals surface area (Å²) in [5.41, 5.74) is 0. The average Bonchev–Trinajstić information content (AvgIpc) is 2.00. The second-order valence-corrected chi connectivity index (χ2v) is 4.75. The monoisotopic (exact) mass is 374 g/mol. The van der Waals surface area contributed by atoms with E-state index in [1.165, 1.54) is 0 Å². The number of alkyl halides is 10. The van der Waals surface area contributed by atoms with Crippen LogP contribution in [0, 0.1) is 0 Å². The lowest BCUT2D eigenvalue weighted by atomic mass is 10.0. The van der Waals surface area contributed by atoms with E-state index in [2.05, 4.69) is 0 Å². The summed E-state index contributed by atoms with van der Waals surface area (Å²) in [5, 5.41) is 0. The van der Waals surface area contributed by atoms with Gasteiger partial charge < -0.3 is 0 Å². The molecule has 0 radical (unpaired) electrons. The van der Waals surface area contributed by atoms with Gasteiger partial charge >= 0.3 is 23.9 Å². The minimum atomic E-state index is -6.79. The summed E-state index contributed by atoms with van der Waals surface area (Å²) in [6, 6.07) is 0. The molecule has 16 heavy (non-hydrogen) atoms. The Hall–Kier alpha value is 0.1000. The van der Waals surface area contributed by atoms with Gasteiger partial charge in [-0.25, -0.2) is 0 Å². The van der Waals surface area contributed by atoms with Crippen molar-refractivity contribution in [3.8, 4) is 0 Å². The van der Waals surface area contributed by atoms with E-state index in [0.717, 1.165) is 0 Å². The molecule has 0 saturated carbocycles. The second-order valence-electron chi connectivity index (χ2n) is 2.89. The zero-order chi connectivity index (χ0) is 13.6. The van der Waals surface area contributed by atoms with E-state index in [0.29, 0.717) is 29.5 Å². The molecule has 0 amide bonds. The average molecular weight is 374 g/mol. The van der Waals surface area contributed by atoms with Crippen LogP contribution in [-0.4, -0.2) is 27.9 Å². The molecule has 0 aliphatic carbocycles. The Bertz CT molecular complexity index is 253. The zero-order valence-electron chi connectivity index (χ0n) is 7.36. The van der Waals surface area contributed by atoms with Gasteiger partial charge in [0, 0.05) is 0 Å². The molecule has 0 N–H and O–H groups in total. The number of hydrogen-bond acceptors (Lipinski definition) is 0. The summed E-state index contributed by atoms with van der Waals surface area (Å²) in [6.45, 7) is 0.404. The molecule has 0 unspecified atom stereocenters. The molecule has 0 aliphatic heterocycles. The molecule has 0 aromatic heterocycles. The molecule has 0 aromatic rings. The molecular formula is C6H4F9I. The Kier molecular flexibility index (Phi) is 4.11. The zero-order valence-corrected chi connectivity index (χ0v) is 9.51. The third kappa shape index (κ3) is 2.21. The first kappa shape index (κ1) is 16.1. The van der Waals surface area contributed by atoms with E-state index in [1.54, 1.807) is 0 Å². The summed E-state index contributed by atoms with van der Waals surface area (Å²) < 4.78 is 107. The highest BCUT2D eigenvalue weighted by Crippen LogP contribution is 2.54. The Labute approximate surface area is 97.3 Å². The van der Waals surface area contributed by atoms with Crippen LogP contribution in [0.2, 0.25) is 0 Å². The first-order valence-corrected chi connectivity index (χ1v) is 4.78. The van der Waals surface area contributed by atoms with Crippen LogP contribution in [0.15, 0.2) is 0 Å². The summed E-state index contributed by atoms with van der Waals surface area (Å²) >= 11 is 0.648. The van der Waals surface area contributed by atoms with Gasteiger partial charge in [0.2, 0.25) is 0 Å². The lowest BCUT2D eigenvalue weighted by molar-refractivity contribution is -0.394. The predicted octanol–water partition coefficient (Wildman–Crippen LogP) is 4.28. The van der Waals surface area contributed by atoms with E-state index in [9.17, 15) is 39.5 Å². The summed E-state index contributed by atoms with van der Waals surface area (Å²) in [5.74, 6) is -18.8. The molecule has 0 spiro atoms. The Morgan fingerprint density at radius 1 is 0.750 bits per heavy atom. The molecule has 1 atom stereocenters. The molecule has 0 saturated heterocycles. The number of hydrogen-bond donors (Lipinski definition) is 0. The first-order chi connectivity index (χ1) is 6.69. The van der Waals surface area contributed by atoms with Crippen molar-refractivity contribution in [1.82, 2.24) is 0 Å². The lowest BCUT2D eigenvalue weighted by Crippen LogP contribution is -2.63. The van der Waals surface area contributed by atoms with Gasteiger partial charge in [-0.15, -0.1) is 0 Å². The van der Waals surface area contributed by atoms with Crippen molar-refractivity contribution >= 4 is 22.6 Å². The van der Waals surface area contributed by atoms with Crippen molar-refractivity contribution in [2.45, 2.75) is 34.8 Å². The van der Waals surface area contributed by atoms with Gasteiger partial charge in [0.15, 0.2) is 0 Å². The molecule has 0 bridgehead atoms.